The molecule has 102 valence electrons. The summed E-state index contributed by atoms with van der Waals surface area (Å²) in [7, 11) is 0. The monoisotopic (exact) mass is 274 g/mol. The van der Waals surface area contributed by atoms with Gasteiger partial charge in [-0.3, -0.25) is 4.79 Å². The molecule has 1 aliphatic rings. The van der Waals surface area contributed by atoms with Gasteiger partial charge in [0, 0.05) is 11.1 Å². The number of aliphatic imine (C=N–C) groups is 1. The highest BCUT2D eigenvalue weighted by Crippen LogP contribution is 2.24. The molecule has 2 N–H and O–H groups in total. The van der Waals surface area contributed by atoms with Crippen molar-refractivity contribution in [3.8, 4) is 0 Å². The Labute approximate surface area is 113 Å². The smallest absolute Gasteiger partial charge is 0.331 e. The van der Waals surface area contributed by atoms with E-state index in [1.807, 2.05) is 13.8 Å². The van der Waals surface area contributed by atoms with Crippen molar-refractivity contribution in [2.45, 2.75) is 40.2 Å². The van der Waals surface area contributed by atoms with Gasteiger partial charge in [-0.1, -0.05) is 13.8 Å². The van der Waals surface area contributed by atoms with E-state index in [0.717, 1.165) is 0 Å². The lowest BCUT2D eigenvalue weighted by atomic mass is 9.88. The standard InChI is InChI=1S/C12H18N2O3.ClH/c1-6(2)12(5)11(17)13-9(14-12)7(3)8(4)10(15)16;/h6H,1-5H3,(H,15,16)(H,13,14,17);1H/b8-7-;. The first kappa shape index (κ1) is 16.6. The predicted octanol–water partition coefficient (Wildman–Crippen LogP) is 1.77. The molecule has 5 nitrogen and oxygen atoms in total. The fourth-order valence-corrected chi connectivity index (χ4v) is 1.45. The molecule has 18 heavy (non-hydrogen) atoms. The SMILES string of the molecule is C/C(C(=O)O)=C(\C)C1=NC(=O)C(C)(C(C)C)N1.Cl. The Morgan fingerprint density at radius 3 is 2.22 bits per heavy atom. The van der Waals surface area contributed by atoms with Gasteiger partial charge in [0.15, 0.2) is 0 Å². The number of nitrogens with zero attached hydrogens (tertiary/aromatic N) is 1. The number of hydrogen-bond donors (Lipinski definition) is 2. The zero-order chi connectivity index (χ0) is 13.4. The normalized spacial score (nSPS) is 24.1. The van der Waals surface area contributed by atoms with Gasteiger partial charge in [-0.15, -0.1) is 12.4 Å². The number of aliphatic carboxylic acids is 1. The van der Waals surface area contributed by atoms with E-state index in [4.69, 9.17) is 5.11 Å². The third kappa shape index (κ3) is 2.72. The maximum atomic E-state index is 11.8. The van der Waals surface area contributed by atoms with Crippen LogP contribution in [-0.4, -0.2) is 28.4 Å². The molecule has 0 aromatic heterocycles. The summed E-state index contributed by atoms with van der Waals surface area (Å²) in [5, 5.41) is 11.9. The van der Waals surface area contributed by atoms with Crippen LogP contribution < -0.4 is 5.32 Å². The number of carbonyl (C=O) groups excluding carboxylic acids is 1. The van der Waals surface area contributed by atoms with Crippen molar-refractivity contribution in [3.63, 3.8) is 0 Å². The molecule has 1 atom stereocenters. The van der Waals surface area contributed by atoms with Crippen molar-refractivity contribution in [1.29, 1.82) is 0 Å². The van der Waals surface area contributed by atoms with E-state index in [1.54, 1.807) is 13.8 Å². The minimum atomic E-state index is -1.00. The molecule has 1 rings (SSSR count). The van der Waals surface area contributed by atoms with Crippen molar-refractivity contribution in [3.05, 3.63) is 11.1 Å². The van der Waals surface area contributed by atoms with E-state index in [9.17, 15) is 9.59 Å². The quantitative estimate of drug-likeness (QED) is 0.769. The summed E-state index contributed by atoms with van der Waals surface area (Å²) in [6, 6.07) is 0. The van der Waals surface area contributed by atoms with Crippen molar-refractivity contribution >= 4 is 30.1 Å². The van der Waals surface area contributed by atoms with Crippen LogP contribution in [0.4, 0.5) is 0 Å². The number of amides is 1. The number of carboxylic acid groups (broad SMARTS) is 1. The highest BCUT2D eigenvalue weighted by molar-refractivity contribution is 6.15. The molecule has 1 aliphatic heterocycles. The van der Waals surface area contributed by atoms with Crippen LogP contribution >= 0.6 is 12.4 Å². The second kappa shape index (κ2) is 5.52. The summed E-state index contributed by atoms with van der Waals surface area (Å²) in [6.07, 6.45) is 0. The number of halogens is 1. The molecule has 0 saturated carbocycles. The van der Waals surface area contributed by atoms with Crippen molar-refractivity contribution in [1.82, 2.24) is 5.32 Å². The van der Waals surface area contributed by atoms with Crippen molar-refractivity contribution < 1.29 is 14.7 Å². The molecule has 0 bridgehead atoms. The van der Waals surface area contributed by atoms with Crippen LogP contribution in [-0.2, 0) is 9.59 Å². The topological polar surface area (TPSA) is 78.8 Å². The van der Waals surface area contributed by atoms with Crippen molar-refractivity contribution in [2.24, 2.45) is 10.9 Å². The summed E-state index contributed by atoms with van der Waals surface area (Å²) >= 11 is 0. The van der Waals surface area contributed by atoms with Crippen LogP contribution in [0.3, 0.4) is 0 Å². The summed E-state index contributed by atoms with van der Waals surface area (Å²) in [5.74, 6) is -0.807. The molecule has 0 saturated heterocycles. The van der Waals surface area contributed by atoms with Crippen molar-refractivity contribution in [2.75, 3.05) is 0 Å². The van der Waals surface area contributed by atoms with Crippen LogP contribution in [0.1, 0.15) is 34.6 Å². The van der Waals surface area contributed by atoms with Gasteiger partial charge in [-0.05, 0) is 26.7 Å². The van der Waals surface area contributed by atoms with Gasteiger partial charge in [0.2, 0.25) is 0 Å². The molecule has 1 unspecified atom stereocenters. The summed E-state index contributed by atoms with van der Waals surface area (Å²) in [5.41, 5.74) is -0.0534. The zero-order valence-corrected chi connectivity index (χ0v) is 12.0. The van der Waals surface area contributed by atoms with E-state index in [2.05, 4.69) is 10.3 Å². The van der Waals surface area contributed by atoms with E-state index < -0.39 is 11.5 Å². The molecular formula is C12H19ClN2O3. The predicted molar refractivity (Wildman–Crippen MR) is 72.1 cm³/mol. The minimum Gasteiger partial charge on any atom is -0.478 e. The molecule has 0 spiro atoms. The summed E-state index contributed by atoms with van der Waals surface area (Å²) < 4.78 is 0. The van der Waals surface area contributed by atoms with Crippen LogP contribution in [0, 0.1) is 5.92 Å². The van der Waals surface area contributed by atoms with Gasteiger partial charge in [0.05, 0.1) is 0 Å². The average molecular weight is 275 g/mol. The Balaban J connectivity index is 0.00000289. The zero-order valence-electron chi connectivity index (χ0n) is 11.2. The van der Waals surface area contributed by atoms with E-state index in [-0.39, 0.29) is 29.8 Å². The van der Waals surface area contributed by atoms with E-state index >= 15 is 0 Å². The first-order valence-corrected chi connectivity index (χ1v) is 5.52. The molecular weight excluding hydrogens is 256 g/mol. The van der Waals surface area contributed by atoms with Gasteiger partial charge in [-0.25, -0.2) is 4.79 Å². The lowest BCUT2D eigenvalue weighted by Gasteiger charge is -2.27. The Hall–Kier alpha value is -1.36. The van der Waals surface area contributed by atoms with Gasteiger partial charge in [0.1, 0.15) is 11.4 Å². The molecule has 1 heterocycles. The maximum Gasteiger partial charge on any atom is 0.331 e. The summed E-state index contributed by atoms with van der Waals surface area (Å²) in [6.45, 7) is 8.77. The largest absolute Gasteiger partial charge is 0.478 e. The molecule has 0 aromatic rings. The lowest BCUT2D eigenvalue weighted by Crippen LogP contribution is -2.50. The Morgan fingerprint density at radius 2 is 1.89 bits per heavy atom. The molecule has 0 aliphatic carbocycles. The molecule has 1 amide bonds. The third-order valence-corrected chi connectivity index (χ3v) is 3.43. The van der Waals surface area contributed by atoms with Crippen LogP contribution in [0.25, 0.3) is 0 Å². The van der Waals surface area contributed by atoms with Crippen LogP contribution in [0.15, 0.2) is 16.1 Å². The second-order valence-corrected chi connectivity index (χ2v) is 4.80. The molecule has 0 aromatic carbocycles. The van der Waals surface area contributed by atoms with E-state index in [1.165, 1.54) is 6.92 Å². The third-order valence-electron chi connectivity index (χ3n) is 3.43. The fourth-order valence-electron chi connectivity index (χ4n) is 1.45. The lowest BCUT2D eigenvalue weighted by molar-refractivity contribution is -0.132. The molecule has 0 radical (unpaired) electrons. The summed E-state index contributed by atoms with van der Waals surface area (Å²) in [4.78, 5) is 26.6. The highest BCUT2D eigenvalue weighted by atomic mass is 35.5. The number of rotatable bonds is 3. The Morgan fingerprint density at radius 1 is 1.39 bits per heavy atom. The number of carboxylic acids is 1. The fraction of sp³-hybridized carbons (Fsp3) is 0.583. The van der Waals surface area contributed by atoms with Gasteiger partial charge >= 0.3 is 5.97 Å². The van der Waals surface area contributed by atoms with Gasteiger partial charge in [-0.2, -0.15) is 4.99 Å². The first-order valence-electron chi connectivity index (χ1n) is 5.52. The Bertz CT molecular complexity index is 441. The minimum absolute atomic E-state index is 0. The number of carbonyl (C=O) groups is 2. The van der Waals surface area contributed by atoms with Crippen LogP contribution in [0.2, 0.25) is 0 Å². The van der Waals surface area contributed by atoms with Crippen LogP contribution in [0.5, 0.6) is 0 Å². The van der Waals surface area contributed by atoms with Gasteiger partial charge in [0.25, 0.3) is 5.91 Å². The molecule has 6 heteroatoms. The molecule has 0 fully saturated rings. The highest BCUT2D eigenvalue weighted by Gasteiger charge is 2.42. The number of amidine groups is 1. The van der Waals surface area contributed by atoms with E-state index in [0.29, 0.717) is 11.4 Å². The first-order chi connectivity index (χ1) is 7.70. The average Bonchev–Trinajstić information content (AvgIpc) is 2.54. The maximum absolute atomic E-state index is 11.8. The number of nitrogens with one attached hydrogen (secondary N) is 1. The number of hydrogen-bond acceptors (Lipinski definition) is 3. The second-order valence-electron chi connectivity index (χ2n) is 4.80. The van der Waals surface area contributed by atoms with Gasteiger partial charge < -0.3 is 10.4 Å². The Kier molecular flexibility index (Phi) is 5.10.